The van der Waals surface area contributed by atoms with Gasteiger partial charge in [-0.1, -0.05) is 13.3 Å². The number of hydrogen-bond donors (Lipinski definition) is 0. The Morgan fingerprint density at radius 2 is 2.17 bits per heavy atom. The van der Waals surface area contributed by atoms with Gasteiger partial charge in [0.05, 0.1) is 17.5 Å². The van der Waals surface area contributed by atoms with E-state index in [0.717, 1.165) is 12.8 Å². The van der Waals surface area contributed by atoms with E-state index in [0.29, 0.717) is 23.4 Å². The molecular weight excluding hydrogens is 313 g/mol. The second-order valence-corrected chi connectivity index (χ2v) is 4.81. The minimum absolute atomic E-state index is 0.170. The van der Waals surface area contributed by atoms with Crippen molar-refractivity contribution < 1.29 is 17.9 Å². The van der Waals surface area contributed by atoms with Gasteiger partial charge in [0.1, 0.15) is 5.69 Å². The molecule has 0 radical (unpaired) electrons. The maximum Gasteiger partial charge on any atom is 0.390 e. The Bertz CT molecular complexity index is 366. The summed E-state index contributed by atoms with van der Waals surface area (Å²) in [6, 6.07) is 0. The molecule has 1 heterocycles. The molecule has 104 valence electrons. The van der Waals surface area contributed by atoms with Crippen LogP contribution in [0.5, 0.6) is 0 Å². The molecule has 1 rings (SSSR count). The zero-order valence-electron chi connectivity index (χ0n) is 10.1. The summed E-state index contributed by atoms with van der Waals surface area (Å²) < 4.78 is 43.5. The highest BCUT2D eigenvalue weighted by Crippen LogP contribution is 2.22. The van der Waals surface area contributed by atoms with Gasteiger partial charge in [-0.15, -0.1) is 0 Å². The molecule has 0 unspecified atom stereocenters. The fourth-order valence-corrected chi connectivity index (χ4v) is 1.74. The molecule has 3 nitrogen and oxygen atoms in total. The number of ether oxygens (including phenoxy) is 1. The number of hydrogen-bond acceptors (Lipinski definition) is 2. The van der Waals surface area contributed by atoms with E-state index in [-0.39, 0.29) is 6.54 Å². The molecule has 0 N–H and O–H groups in total. The Balaban J connectivity index is 2.43. The van der Waals surface area contributed by atoms with E-state index < -0.39 is 12.6 Å². The Morgan fingerprint density at radius 1 is 1.44 bits per heavy atom. The number of rotatable bonds is 7. The molecule has 0 saturated carbocycles. The fourth-order valence-electron chi connectivity index (χ4n) is 1.31. The highest BCUT2D eigenvalue weighted by Gasteiger charge is 2.26. The second kappa shape index (κ2) is 7.13. The Labute approximate surface area is 112 Å². The second-order valence-electron chi connectivity index (χ2n) is 3.96. The highest BCUT2D eigenvalue weighted by molar-refractivity contribution is 9.10. The molecule has 0 fully saturated rings. The summed E-state index contributed by atoms with van der Waals surface area (Å²) in [5.41, 5.74) is 0.633. The monoisotopic (exact) mass is 328 g/mol. The van der Waals surface area contributed by atoms with Crippen molar-refractivity contribution in [3.8, 4) is 0 Å². The Kier molecular flexibility index (Phi) is 6.14. The van der Waals surface area contributed by atoms with Crippen LogP contribution < -0.4 is 0 Å². The third-order valence-corrected chi connectivity index (χ3v) is 2.96. The van der Waals surface area contributed by atoms with Crippen LogP contribution in [0.15, 0.2) is 10.7 Å². The van der Waals surface area contributed by atoms with Gasteiger partial charge in [-0.25, -0.2) is 0 Å². The molecule has 0 aromatic carbocycles. The standard InChI is InChI=1S/C11H16BrF3N2O/c1-2-3-6-18-8-10-9(12)7-17(16-10)5-4-11(13,14)15/h7H,2-6,8H2,1H3. The summed E-state index contributed by atoms with van der Waals surface area (Å²) in [6.07, 6.45) is -1.48. The first kappa shape index (κ1) is 15.5. The van der Waals surface area contributed by atoms with E-state index in [4.69, 9.17) is 4.74 Å². The van der Waals surface area contributed by atoms with Gasteiger partial charge in [0.25, 0.3) is 0 Å². The summed E-state index contributed by atoms with van der Waals surface area (Å²) in [5.74, 6) is 0. The molecule has 0 amide bonds. The predicted molar refractivity (Wildman–Crippen MR) is 65.2 cm³/mol. The van der Waals surface area contributed by atoms with Crippen LogP contribution in [-0.2, 0) is 17.9 Å². The molecule has 0 aliphatic carbocycles. The van der Waals surface area contributed by atoms with Crippen LogP contribution in [0.1, 0.15) is 31.9 Å². The number of alkyl halides is 3. The number of nitrogens with zero attached hydrogens (tertiary/aromatic N) is 2. The number of aryl methyl sites for hydroxylation is 1. The molecule has 1 aromatic heterocycles. The molecule has 0 saturated heterocycles. The highest BCUT2D eigenvalue weighted by atomic mass is 79.9. The van der Waals surface area contributed by atoms with Gasteiger partial charge in [-0.2, -0.15) is 18.3 Å². The first-order valence-electron chi connectivity index (χ1n) is 5.78. The smallest absolute Gasteiger partial charge is 0.375 e. The van der Waals surface area contributed by atoms with Crippen molar-refractivity contribution in [2.24, 2.45) is 0 Å². The van der Waals surface area contributed by atoms with E-state index in [1.165, 1.54) is 4.68 Å². The zero-order valence-corrected chi connectivity index (χ0v) is 11.7. The molecule has 0 aliphatic rings. The minimum Gasteiger partial charge on any atom is -0.375 e. The predicted octanol–water partition coefficient (Wildman–Crippen LogP) is 3.91. The summed E-state index contributed by atoms with van der Waals surface area (Å²) in [7, 11) is 0. The average molecular weight is 329 g/mol. The largest absolute Gasteiger partial charge is 0.390 e. The van der Waals surface area contributed by atoms with Crippen LogP contribution in [0.3, 0.4) is 0 Å². The van der Waals surface area contributed by atoms with Gasteiger partial charge in [0.15, 0.2) is 0 Å². The van der Waals surface area contributed by atoms with Crippen molar-refractivity contribution in [2.45, 2.75) is 45.5 Å². The molecule has 0 bridgehead atoms. The maximum absolute atomic E-state index is 12.1. The topological polar surface area (TPSA) is 27.1 Å². The van der Waals surface area contributed by atoms with Gasteiger partial charge in [-0.3, -0.25) is 4.68 Å². The maximum atomic E-state index is 12.1. The minimum atomic E-state index is -4.16. The van der Waals surface area contributed by atoms with Crippen molar-refractivity contribution in [3.63, 3.8) is 0 Å². The molecule has 0 atom stereocenters. The van der Waals surface area contributed by atoms with Gasteiger partial charge in [0.2, 0.25) is 0 Å². The lowest BCUT2D eigenvalue weighted by atomic mass is 10.4. The molecule has 18 heavy (non-hydrogen) atoms. The van der Waals surface area contributed by atoms with Crippen molar-refractivity contribution in [1.82, 2.24) is 9.78 Å². The third-order valence-electron chi connectivity index (χ3n) is 2.29. The summed E-state index contributed by atoms with van der Waals surface area (Å²) in [4.78, 5) is 0. The van der Waals surface area contributed by atoms with Gasteiger partial charge in [-0.05, 0) is 22.4 Å². The molecule has 0 spiro atoms. The van der Waals surface area contributed by atoms with E-state index in [2.05, 4.69) is 28.0 Å². The summed E-state index contributed by atoms with van der Waals surface area (Å²) in [5, 5.41) is 4.06. The Hall–Kier alpha value is -0.560. The normalized spacial score (nSPS) is 12.1. The van der Waals surface area contributed by atoms with E-state index in [9.17, 15) is 13.2 Å². The van der Waals surface area contributed by atoms with Gasteiger partial charge < -0.3 is 4.74 Å². The van der Waals surface area contributed by atoms with Crippen molar-refractivity contribution >= 4 is 15.9 Å². The van der Waals surface area contributed by atoms with Crippen molar-refractivity contribution in [3.05, 3.63) is 16.4 Å². The number of halogens is 4. The molecule has 1 aromatic rings. The van der Waals surface area contributed by atoms with Crippen LogP contribution in [0, 0.1) is 0 Å². The summed E-state index contributed by atoms with van der Waals surface area (Å²) in [6.45, 7) is 2.85. The lowest BCUT2D eigenvalue weighted by molar-refractivity contribution is -0.137. The quantitative estimate of drug-likeness (QED) is 0.709. The van der Waals surface area contributed by atoms with Gasteiger partial charge >= 0.3 is 6.18 Å². The van der Waals surface area contributed by atoms with Crippen LogP contribution in [0.4, 0.5) is 13.2 Å². The zero-order chi connectivity index (χ0) is 13.6. The Morgan fingerprint density at radius 3 is 2.78 bits per heavy atom. The van der Waals surface area contributed by atoms with Gasteiger partial charge in [0, 0.05) is 19.3 Å². The fraction of sp³-hybridized carbons (Fsp3) is 0.727. The molecule has 0 aliphatic heterocycles. The van der Waals surface area contributed by atoms with E-state index in [1.54, 1.807) is 6.20 Å². The van der Waals surface area contributed by atoms with Crippen LogP contribution >= 0.6 is 15.9 Å². The molecular formula is C11H16BrF3N2O. The van der Waals surface area contributed by atoms with Crippen molar-refractivity contribution in [1.29, 1.82) is 0 Å². The lowest BCUT2D eigenvalue weighted by Crippen LogP contribution is -2.12. The van der Waals surface area contributed by atoms with E-state index in [1.807, 2.05) is 0 Å². The lowest BCUT2D eigenvalue weighted by Gasteiger charge is -2.05. The van der Waals surface area contributed by atoms with Crippen LogP contribution in [-0.4, -0.2) is 22.6 Å². The average Bonchev–Trinajstić information content (AvgIpc) is 2.62. The van der Waals surface area contributed by atoms with E-state index >= 15 is 0 Å². The number of aromatic nitrogens is 2. The van der Waals surface area contributed by atoms with Crippen LogP contribution in [0.25, 0.3) is 0 Å². The third kappa shape index (κ3) is 5.86. The summed E-state index contributed by atoms with van der Waals surface area (Å²) >= 11 is 3.26. The number of unbranched alkanes of at least 4 members (excludes halogenated alkanes) is 1. The first-order chi connectivity index (χ1) is 8.42. The molecule has 7 heteroatoms. The SMILES string of the molecule is CCCCOCc1nn(CCC(F)(F)F)cc1Br. The first-order valence-corrected chi connectivity index (χ1v) is 6.58. The van der Waals surface area contributed by atoms with Crippen LogP contribution in [0.2, 0.25) is 0 Å². The van der Waals surface area contributed by atoms with Crippen molar-refractivity contribution in [2.75, 3.05) is 6.61 Å².